The van der Waals surface area contributed by atoms with Crippen LogP contribution in [-0.2, 0) is 0 Å². The van der Waals surface area contributed by atoms with Crippen LogP contribution in [0.15, 0.2) is 24.3 Å². The third-order valence-electron chi connectivity index (χ3n) is 3.27. The van der Waals surface area contributed by atoms with E-state index in [1.54, 1.807) is 6.07 Å². The third-order valence-corrected chi connectivity index (χ3v) is 3.27. The Hall–Kier alpha value is -1.35. The molecule has 1 unspecified atom stereocenters. The molecule has 16 heavy (non-hydrogen) atoms. The topological polar surface area (TPSA) is 46.3 Å². The van der Waals surface area contributed by atoms with Crippen molar-refractivity contribution in [2.24, 2.45) is 5.73 Å². The number of hydrogen-bond donors (Lipinski definition) is 1. The van der Waals surface area contributed by atoms with E-state index in [0.717, 1.165) is 6.54 Å². The van der Waals surface area contributed by atoms with E-state index in [1.165, 1.54) is 24.9 Å². The van der Waals surface area contributed by atoms with E-state index in [0.29, 0.717) is 11.5 Å². The lowest BCUT2D eigenvalue weighted by atomic mass is 9.90. The fourth-order valence-electron chi connectivity index (χ4n) is 2.38. The van der Waals surface area contributed by atoms with Crippen molar-refractivity contribution in [1.29, 1.82) is 0 Å². The highest BCUT2D eigenvalue weighted by Gasteiger charge is 2.19. The van der Waals surface area contributed by atoms with Crippen LogP contribution in [0.4, 0.5) is 0 Å². The molecule has 1 aliphatic heterocycles. The minimum atomic E-state index is -0.342. The Labute approximate surface area is 96.2 Å². The number of amides is 1. The van der Waals surface area contributed by atoms with Gasteiger partial charge in [-0.05, 0) is 50.0 Å². The van der Waals surface area contributed by atoms with Crippen molar-refractivity contribution in [3.63, 3.8) is 0 Å². The standard InChI is InChI=1S/C13H18N2O/c1-15-7-3-6-12(9-15)10-4-2-5-11(8-10)13(14)16/h2,4-5,8,12H,3,6-7,9H2,1H3,(H2,14,16). The summed E-state index contributed by atoms with van der Waals surface area (Å²) in [5, 5.41) is 0. The second-order valence-corrected chi connectivity index (χ2v) is 4.59. The molecule has 86 valence electrons. The average molecular weight is 218 g/mol. The van der Waals surface area contributed by atoms with Gasteiger partial charge < -0.3 is 10.6 Å². The fraction of sp³-hybridized carbons (Fsp3) is 0.462. The zero-order chi connectivity index (χ0) is 11.5. The first kappa shape index (κ1) is 11.1. The summed E-state index contributed by atoms with van der Waals surface area (Å²) in [6.45, 7) is 2.24. The number of hydrogen-bond acceptors (Lipinski definition) is 2. The molecular weight excluding hydrogens is 200 g/mol. The molecule has 2 rings (SSSR count). The molecule has 1 aromatic rings. The first-order chi connectivity index (χ1) is 7.66. The molecule has 1 amide bonds. The SMILES string of the molecule is CN1CCCC(c2cccc(C(N)=O)c2)C1. The maximum absolute atomic E-state index is 11.1. The van der Waals surface area contributed by atoms with Gasteiger partial charge in [0.05, 0.1) is 0 Å². The van der Waals surface area contributed by atoms with Gasteiger partial charge >= 0.3 is 0 Å². The van der Waals surface area contributed by atoms with Crippen molar-refractivity contribution in [1.82, 2.24) is 4.90 Å². The molecule has 1 aromatic carbocycles. The number of nitrogens with two attached hydrogens (primary N) is 1. The van der Waals surface area contributed by atoms with Crippen LogP contribution in [0.5, 0.6) is 0 Å². The Bertz CT molecular complexity index is 389. The number of likely N-dealkylation sites (N-methyl/N-ethyl adjacent to an activating group) is 1. The summed E-state index contributed by atoms with van der Waals surface area (Å²) in [6.07, 6.45) is 2.43. The average Bonchev–Trinajstić information content (AvgIpc) is 2.29. The molecule has 0 saturated carbocycles. The van der Waals surface area contributed by atoms with Crippen molar-refractivity contribution in [2.75, 3.05) is 20.1 Å². The Balaban J connectivity index is 2.19. The smallest absolute Gasteiger partial charge is 0.248 e. The van der Waals surface area contributed by atoms with Gasteiger partial charge in [-0.2, -0.15) is 0 Å². The molecule has 0 spiro atoms. The van der Waals surface area contributed by atoms with Gasteiger partial charge in [-0.3, -0.25) is 4.79 Å². The van der Waals surface area contributed by atoms with Gasteiger partial charge in [0, 0.05) is 12.1 Å². The third kappa shape index (κ3) is 2.42. The normalized spacial score (nSPS) is 21.9. The zero-order valence-electron chi connectivity index (χ0n) is 9.65. The number of carbonyl (C=O) groups is 1. The highest BCUT2D eigenvalue weighted by molar-refractivity contribution is 5.92. The number of rotatable bonds is 2. The van der Waals surface area contributed by atoms with Gasteiger partial charge in [0.25, 0.3) is 0 Å². The quantitative estimate of drug-likeness (QED) is 0.819. The molecule has 1 fully saturated rings. The van der Waals surface area contributed by atoms with E-state index in [9.17, 15) is 4.79 Å². The van der Waals surface area contributed by atoms with Gasteiger partial charge in [-0.25, -0.2) is 0 Å². The van der Waals surface area contributed by atoms with Crippen molar-refractivity contribution in [3.05, 3.63) is 35.4 Å². The van der Waals surface area contributed by atoms with E-state index in [4.69, 9.17) is 5.73 Å². The minimum Gasteiger partial charge on any atom is -0.366 e. The summed E-state index contributed by atoms with van der Waals surface area (Å²) in [5.41, 5.74) is 7.15. The molecule has 0 aromatic heterocycles. The van der Waals surface area contributed by atoms with Crippen molar-refractivity contribution in [2.45, 2.75) is 18.8 Å². The summed E-state index contributed by atoms with van der Waals surface area (Å²) in [6, 6.07) is 7.73. The lowest BCUT2D eigenvalue weighted by molar-refractivity contribution is 0.1000. The maximum atomic E-state index is 11.1. The van der Waals surface area contributed by atoms with Crippen LogP contribution in [0, 0.1) is 0 Å². The fourth-order valence-corrected chi connectivity index (χ4v) is 2.38. The van der Waals surface area contributed by atoms with Gasteiger partial charge in [0.2, 0.25) is 5.91 Å². The van der Waals surface area contributed by atoms with Crippen LogP contribution in [-0.4, -0.2) is 30.9 Å². The Morgan fingerprint density at radius 2 is 2.31 bits per heavy atom. The molecule has 1 aliphatic rings. The van der Waals surface area contributed by atoms with Gasteiger partial charge in [-0.1, -0.05) is 12.1 Å². The van der Waals surface area contributed by atoms with Crippen LogP contribution in [0.25, 0.3) is 0 Å². The van der Waals surface area contributed by atoms with E-state index in [2.05, 4.69) is 18.0 Å². The molecule has 1 saturated heterocycles. The highest BCUT2D eigenvalue weighted by Crippen LogP contribution is 2.26. The lowest BCUT2D eigenvalue weighted by Gasteiger charge is -2.30. The first-order valence-electron chi connectivity index (χ1n) is 5.75. The summed E-state index contributed by atoms with van der Waals surface area (Å²) >= 11 is 0. The molecule has 0 aliphatic carbocycles. The summed E-state index contributed by atoms with van der Waals surface area (Å²) in [4.78, 5) is 13.5. The van der Waals surface area contributed by atoms with Crippen LogP contribution < -0.4 is 5.73 Å². The summed E-state index contributed by atoms with van der Waals surface area (Å²) in [7, 11) is 2.14. The number of carbonyl (C=O) groups excluding carboxylic acids is 1. The maximum Gasteiger partial charge on any atom is 0.248 e. The lowest BCUT2D eigenvalue weighted by Crippen LogP contribution is -2.30. The van der Waals surface area contributed by atoms with Crippen molar-refractivity contribution in [3.8, 4) is 0 Å². The van der Waals surface area contributed by atoms with Gasteiger partial charge in [0.1, 0.15) is 0 Å². The second kappa shape index (κ2) is 4.66. The van der Waals surface area contributed by atoms with E-state index in [1.807, 2.05) is 12.1 Å². The molecule has 0 bridgehead atoms. The molecule has 0 radical (unpaired) electrons. The molecule has 1 heterocycles. The first-order valence-corrected chi connectivity index (χ1v) is 5.75. The van der Waals surface area contributed by atoms with Crippen LogP contribution >= 0.6 is 0 Å². The van der Waals surface area contributed by atoms with Crippen LogP contribution in [0.1, 0.15) is 34.7 Å². The number of nitrogens with zero attached hydrogens (tertiary/aromatic N) is 1. The van der Waals surface area contributed by atoms with Crippen molar-refractivity contribution < 1.29 is 4.79 Å². The molecular formula is C13H18N2O. The van der Waals surface area contributed by atoms with E-state index in [-0.39, 0.29) is 5.91 Å². The second-order valence-electron chi connectivity index (χ2n) is 4.59. The van der Waals surface area contributed by atoms with Crippen molar-refractivity contribution >= 4 is 5.91 Å². The number of benzene rings is 1. The summed E-state index contributed by atoms with van der Waals surface area (Å²) in [5.74, 6) is 0.198. The number of primary amides is 1. The highest BCUT2D eigenvalue weighted by atomic mass is 16.1. The predicted molar refractivity (Wildman–Crippen MR) is 64.4 cm³/mol. The van der Waals surface area contributed by atoms with E-state index < -0.39 is 0 Å². The van der Waals surface area contributed by atoms with Crippen LogP contribution in [0.3, 0.4) is 0 Å². The van der Waals surface area contributed by atoms with Gasteiger partial charge in [-0.15, -0.1) is 0 Å². The molecule has 2 N–H and O–H groups in total. The largest absolute Gasteiger partial charge is 0.366 e. The Morgan fingerprint density at radius 1 is 1.50 bits per heavy atom. The predicted octanol–water partition coefficient (Wildman–Crippen LogP) is 1.59. The zero-order valence-corrected chi connectivity index (χ0v) is 9.65. The van der Waals surface area contributed by atoms with E-state index >= 15 is 0 Å². The molecule has 3 nitrogen and oxygen atoms in total. The Morgan fingerprint density at radius 3 is 3.00 bits per heavy atom. The number of likely N-dealkylation sites (tertiary alicyclic amines) is 1. The van der Waals surface area contributed by atoms with Gasteiger partial charge in [0.15, 0.2) is 0 Å². The monoisotopic (exact) mass is 218 g/mol. The summed E-state index contributed by atoms with van der Waals surface area (Å²) < 4.78 is 0. The minimum absolute atomic E-state index is 0.342. The Kier molecular flexibility index (Phi) is 3.25. The molecule has 1 atom stereocenters. The number of piperidine rings is 1. The van der Waals surface area contributed by atoms with Crippen LogP contribution in [0.2, 0.25) is 0 Å². The molecule has 3 heteroatoms.